The Bertz CT molecular complexity index is 293. The molecule has 0 saturated heterocycles. The van der Waals surface area contributed by atoms with Gasteiger partial charge in [0.1, 0.15) is 0 Å². The summed E-state index contributed by atoms with van der Waals surface area (Å²) in [7, 11) is 1.67. The summed E-state index contributed by atoms with van der Waals surface area (Å²) in [5.41, 5.74) is 1.36. The van der Waals surface area contributed by atoms with Crippen molar-refractivity contribution in [3.05, 3.63) is 35.9 Å². The summed E-state index contributed by atoms with van der Waals surface area (Å²) in [6.07, 6.45) is 1.06. The van der Waals surface area contributed by atoms with Crippen molar-refractivity contribution in [3.63, 3.8) is 0 Å². The molecule has 0 aromatic heterocycles. The van der Waals surface area contributed by atoms with E-state index in [0.29, 0.717) is 26.4 Å². The van der Waals surface area contributed by atoms with Crippen LogP contribution in [0, 0.1) is 0 Å². The zero-order valence-corrected chi connectivity index (χ0v) is 11.8. The van der Waals surface area contributed by atoms with Gasteiger partial charge < -0.3 is 19.5 Å². The van der Waals surface area contributed by atoms with Gasteiger partial charge in [0.15, 0.2) is 0 Å². The maximum atomic E-state index is 5.44. The van der Waals surface area contributed by atoms with Crippen LogP contribution in [-0.2, 0) is 20.6 Å². The SMILES string of the molecule is COCCOCCOCCNCCc1ccccc1. The number of hydrogen-bond acceptors (Lipinski definition) is 4. The van der Waals surface area contributed by atoms with Crippen LogP contribution < -0.4 is 5.32 Å². The second kappa shape index (κ2) is 12.1. The number of rotatable bonds is 12. The van der Waals surface area contributed by atoms with Crippen LogP contribution in [0.2, 0.25) is 0 Å². The van der Waals surface area contributed by atoms with Crippen molar-refractivity contribution in [2.75, 3.05) is 53.2 Å². The number of methoxy groups -OCH3 is 1. The van der Waals surface area contributed by atoms with Crippen LogP contribution in [0.5, 0.6) is 0 Å². The lowest BCUT2D eigenvalue weighted by Crippen LogP contribution is -2.23. The Morgan fingerprint density at radius 2 is 1.53 bits per heavy atom. The van der Waals surface area contributed by atoms with Crippen molar-refractivity contribution < 1.29 is 14.2 Å². The zero-order chi connectivity index (χ0) is 13.6. The number of ether oxygens (including phenoxy) is 3. The molecule has 0 unspecified atom stereocenters. The molecule has 4 heteroatoms. The van der Waals surface area contributed by atoms with Crippen LogP contribution >= 0.6 is 0 Å². The molecular formula is C15H25NO3. The van der Waals surface area contributed by atoms with Gasteiger partial charge in [-0.1, -0.05) is 30.3 Å². The monoisotopic (exact) mass is 267 g/mol. The standard InChI is InChI=1S/C15H25NO3/c1-17-11-12-19-14-13-18-10-9-16-8-7-15-5-3-2-4-6-15/h2-6,16H,7-14H2,1H3. The van der Waals surface area contributed by atoms with E-state index >= 15 is 0 Å². The summed E-state index contributed by atoms with van der Waals surface area (Å²) >= 11 is 0. The van der Waals surface area contributed by atoms with Crippen LogP contribution in [0.3, 0.4) is 0 Å². The summed E-state index contributed by atoms with van der Waals surface area (Å²) in [6.45, 7) is 5.14. The predicted molar refractivity (Wildman–Crippen MR) is 76.5 cm³/mol. The van der Waals surface area contributed by atoms with E-state index in [9.17, 15) is 0 Å². The van der Waals surface area contributed by atoms with E-state index in [1.807, 2.05) is 6.07 Å². The maximum Gasteiger partial charge on any atom is 0.0701 e. The smallest absolute Gasteiger partial charge is 0.0701 e. The summed E-state index contributed by atoms with van der Waals surface area (Å²) in [6, 6.07) is 10.5. The highest BCUT2D eigenvalue weighted by Gasteiger charge is 1.92. The van der Waals surface area contributed by atoms with Crippen LogP contribution in [0.4, 0.5) is 0 Å². The normalized spacial score (nSPS) is 10.8. The summed E-state index contributed by atoms with van der Waals surface area (Å²) in [4.78, 5) is 0. The first-order valence-electron chi connectivity index (χ1n) is 6.82. The molecule has 0 heterocycles. The fourth-order valence-corrected chi connectivity index (χ4v) is 1.61. The third kappa shape index (κ3) is 9.62. The molecule has 0 aliphatic carbocycles. The van der Waals surface area contributed by atoms with Gasteiger partial charge in [-0.15, -0.1) is 0 Å². The minimum atomic E-state index is 0.632. The third-order valence-corrected chi connectivity index (χ3v) is 2.66. The Kier molecular flexibility index (Phi) is 10.3. The first-order valence-corrected chi connectivity index (χ1v) is 6.82. The molecule has 0 saturated carbocycles. The molecule has 1 aromatic carbocycles. The average molecular weight is 267 g/mol. The largest absolute Gasteiger partial charge is 0.382 e. The molecule has 4 nitrogen and oxygen atoms in total. The molecule has 0 bridgehead atoms. The molecule has 1 aromatic rings. The zero-order valence-electron chi connectivity index (χ0n) is 11.8. The molecule has 0 atom stereocenters. The van der Waals surface area contributed by atoms with E-state index < -0.39 is 0 Å². The average Bonchev–Trinajstić information content (AvgIpc) is 2.46. The van der Waals surface area contributed by atoms with Gasteiger partial charge in [0, 0.05) is 13.7 Å². The highest BCUT2D eigenvalue weighted by atomic mass is 16.5. The molecule has 108 valence electrons. The second-order valence-corrected chi connectivity index (χ2v) is 4.20. The second-order valence-electron chi connectivity index (χ2n) is 4.20. The van der Waals surface area contributed by atoms with Crippen molar-refractivity contribution >= 4 is 0 Å². The molecule has 0 aliphatic heterocycles. The van der Waals surface area contributed by atoms with E-state index in [-0.39, 0.29) is 0 Å². The molecular weight excluding hydrogens is 242 g/mol. The van der Waals surface area contributed by atoms with Crippen molar-refractivity contribution in [1.29, 1.82) is 0 Å². The third-order valence-electron chi connectivity index (χ3n) is 2.66. The van der Waals surface area contributed by atoms with E-state index in [0.717, 1.165) is 26.1 Å². The van der Waals surface area contributed by atoms with Crippen LogP contribution in [0.25, 0.3) is 0 Å². The molecule has 1 rings (SSSR count). The molecule has 1 N–H and O–H groups in total. The Morgan fingerprint density at radius 1 is 0.842 bits per heavy atom. The van der Waals surface area contributed by atoms with Gasteiger partial charge in [-0.3, -0.25) is 0 Å². The fraction of sp³-hybridized carbons (Fsp3) is 0.600. The Balaban J connectivity index is 1.79. The predicted octanol–water partition coefficient (Wildman–Crippen LogP) is 1.50. The van der Waals surface area contributed by atoms with Gasteiger partial charge in [-0.25, -0.2) is 0 Å². The van der Waals surface area contributed by atoms with Gasteiger partial charge in [-0.05, 0) is 18.5 Å². The first kappa shape index (κ1) is 16.1. The summed E-state index contributed by atoms with van der Waals surface area (Å²) < 4.78 is 15.6. The lowest BCUT2D eigenvalue weighted by Gasteiger charge is -2.07. The van der Waals surface area contributed by atoms with E-state index in [1.54, 1.807) is 7.11 Å². The topological polar surface area (TPSA) is 39.7 Å². The molecule has 0 aliphatic rings. The van der Waals surface area contributed by atoms with Crippen molar-refractivity contribution in [2.45, 2.75) is 6.42 Å². The molecule has 19 heavy (non-hydrogen) atoms. The lowest BCUT2D eigenvalue weighted by molar-refractivity contribution is 0.0256. The van der Waals surface area contributed by atoms with E-state index in [2.05, 4.69) is 29.6 Å². The number of benzene rings is 1. The van der Waals surface area contributed by atoms with Gasteiger partial charge in [-0.2, -0.15) is 0 Å². The van der Waals surface area contributed by atoms with Crippen molar-refractivity contribution in [2.24, 2.45) is 0 Å². The quantitative estimate of drug-likeness (QED) is 0.583. The Morgan fingerprint density at radius 3 is 2.26 bits per heavy atom. The number of nitrogens with one attached hydrogen (secondary N) is 1. The molecule has 0 spiro atoms. The van der Waals surface area contributed by atoms with E-state index in [1.165, 1.54) is 5.56 Å². The van der Waals surface area contributed by atoms with Gasteiger partial charge in [0.05, 0.1) is 33.0 Å². The first-order chi connectivity index (χ1) is 9.43. The number of hydrogen-bond donors (Lipinski definition) is 1. The van der Waals surface area contributed by atoms with Gasteiger partial charge in [0.25, 0.3) is 0 Å². The van der Waals surface area contributed by atoms with Crippen LogP contribution in [0.15, 0.2) is 30.3 Å². The van der Waals surface area contributed by atoms with Gasteiger partial charge in [0.2, 0.25) is 0 Å². The van der Waals surface area contributed by atoms with Gasteiger partial charge >= 0.3 is 0 Å². The Labute approximate surface area is 116 Å². The van der Waals surface area contributed by atoms with E-state index in [4.69, 9.17) is 14.2 Å². The minimum absolute atomic E-state index is 0.632. The maximum absolute atomic E-state index is 5.44. The highest BCUT2D eigenvalue weighted by Crippen LogP contribution is 1.97. The molecule has 0 amide bonds. The summed E-state index contributed by atoms with van der Waals surface area (Å²) in [5, 5.41) is 3.36. The fourth-order valence-electron chi connectivity index (χ4n) is 1.61. The van der Waals surface area contributed by atoms with Crippen molar-refractivity contribution in [1.82, 2.24) is 5.32 Å². The molecule has 0 radical (unpaired) electrons. The minimum Gasteiger partial charge on any atom is -0.382 e. The highest BCUT2D eigenvalue weighted by molar-refractivity contribution is 5.14. The van der Waals surface area contributed by atoms with Crippen molar-refractivity contribution in [3.8, 4) is 0 Å². The molecule has 0 fully saturated rings. The lowest BCUT2D eigenvalue weighted by atomic mass is 10.1. The summed E-state index contributed by atoms with van der Waals surface area (Å²) in [5.74, 6) is 0. The van der Waals surface area contributed by atoms with Crippen LogP contribution in [-0.4, -0.2) is 53.2 Å². The Hall–Kier alpha value is -0.940. The van der Waals surface area contributed by atoms with Crippen LogP contribution in [0.1, 0.15) is 5.56 Å².